The number of halogens is 1. The highest BCUT2D eigenvalue weighted by Crippen LogP contribution is 2.27. The van der Waals surface area contributed by atoms with Crippen LogP contribution in [0.1, 0.15) is 56.9 Å². The van der Waals surface area contributed by atoms with Gasteiger partial charge in [-0.15, -0.1) is 0 Å². The molecule has 0 bridgehead atoms. The zero-order valence-electron chi connectivity index (χ0n) is 18.7. The number of rotatable bonds is 11. The lowest BCUT2D eigenvalue weighted by molar-refractivity contribution is -0.146. The molecule has 3 N–H and O–H groups in total. The first-order valence-electron chi connectivity index (χ1n) is 11.1. The summed E-state index contributed by atoms with van der Waals surface area (Å²) in [6, 6.07) is 4.81. The number of carboxylic acid groups (broad SMARTS) is 1. The number of hydrogen-bond donors (Lipinski definition) is 3. The lowest BCUT2D eigenvalue weighted by atomic mass is 9.84. The number of esters is 1. The Hall–Kier alpha value is -2.81. The van der Waals surface area contributed by atoms with E-state index in [0.717, 1.165) is 39.2 Å². The van der Waals surface area contributed by atoms with E-state index in [-0.39, 0.29) is 25.4 Å². The molecule has 0 heterocycles. The summed E-state index contributed by atoms with van der Waals surface area (Å²) in [7, 11) is 1.16. The minimum absolute atomic E-state index is 0.0203. The molecule has 33 heavy (non-hydrogen) atoms. The molecule has 0 radical (unpaired) electrons. The number of nitrogens with one attached hydrogen (secondary N) is 2. The fraction of sp³-hybridized carbons (Fsp3) is 0.565. The second-order valence-corrected chi connectivity index (χ2v) is 8.60. The topological polar surface area (TPSA) is 131 Å². The minimum atomic E-state index is -1.13. The number of amides is 2. The Bertz CT molecular complexity index is 827. The van der Waals surface area contributed by atoms with Crippen molar-refractivity contribution in [2.75, 3.05) is 7.11 Å². The Kier molecular flexibility index (Phi) is 11.0. The summed E-state index contributed by atoms with van der Waals surface area (Å²) in [6.45, 7) is -0.0203. The number of benzene rings is 1. The molecule has 1 aromatic carbocycles. The van der Waals surface area contributed by atoms with E-state index in [0.29, 0.717) is 17.0 Å². The Labute approximate surface area is 198 Å². The Morgan fingerprint density at radius 2 is 1.85 bits per heavy atom. The van der Waals surface area contributed by atoms with Gasteiger partial charge in [0, 0.05) is 11.4 Å². The van der Waals surface area contributed by atoms with E-state index in [4.69, 9.17) is 21.4 Å². The minimum Gasteiger partial charge on any atom is -0.481 e. The highest BCUT2D eigenvalue weighted by molar-refractivity contribution is 6.30. The van der Waals surface area contributed by atoms with Gasteiger partial charge in [0.1, 0.15) is 18.7 Å². The number of carbonyl (C=O) groups is 4. The van der Waals surface area contributed by atoms with E-state index < -0.39 is 36.0 Å². The molecule has 2 amide bonds. The number of carboxylic acids is 1. The lowest BCUT2D eigenvalue weighted by Gasteiger charge is -2.27. The first-order valence-corrected chi connectivity index (χ1v) is 11.4. The van der Waals surface area contributed by atoms with Crippen molar-refractivity contribution in [1.29, 1.82) is 0 Å². The van der Waals surface area contributed by atoms with Crippen molar-refractivity contribution in [2.24, 2.45) is 5.92 Å². The van der Waals surface area contributed by atoms with Crippen LogP contribution in [0.25, 0.3) is 0 Å². The van der Waals surface area contributed by atoms with Crippen LogP contribution in [0.5, 0.6) is 0 Å². The Balaban J connectivity index is 2.03. The van der Waals surface area contributed by atoms with Gasteiger partial charge in [0.2, 0.25) is 5.91 Å². The van der Waals surface area contributed by atoms with E-state index in [9.17, 15) is 19.2 Å². The summed E-state index contributed by atoms with van der Waals surface area (Å²) in [5.41, 5.74) is 0.699. The van der Waals surface area contributed by atoms with Crippen LogP contribution in [0.4, 0.5) is 4.79 Å². The van der Waals surface area contributed by atoms with Crippen LogP contribution in [0, 0.1) is 5.92 Å². The molecule has 1 fully saturated rings. The Morgan fingerprint density at radius 1 is 1.12 bits per heavy atom. The summed E-state index contributed by atoms with van der Waals surface area (Å²) in [4.78, 5) is 48.4. The van der Waals surface area contributed by atoms with Crippen molar-refractivity contribution in [3.63, 3.8) is 0 Å². The number of carbonyl (C=O) groups excluding carboxylic acids is 3. The summed E-state index contributed by atoms with van der Waals surface area (Å²) < 4.78 is 9.93. The predicted octanol–water partition coefficient (Wildman–Crippen LogP) is 3.43. The van der Waals surface area contributed by atoms with E-state index in [1.807, 2.05) is 0 Å². The average molecular weight is 483 g/mol. The molecular formula is C23H31ClN2O7. The highest BCUT2D eigenvalue weighted by atomic mass is 35.5. The number of hydrogen-bond acceptors (Lipinski definition) is 6. The maximum absolute atomic E-state index is 13.0. The summed E-state index contributed by atoms with van der Waals surface area (Å²) >= 11 is 5.94. The van der Waals surface area contributed by atoms with Crippen molar-refractivity contribution in [3.05, 3.63) is 34.9 Å². The van der Waals surface area contributed by atoms with Crippen LogP contribution in [-0.4, -0.2) is 48.2 Å². The zero-order valence-corrected chi connectivity index (χ0v) is 19.4. The lowest BCUT2D eigenvalue weighted by Crippen LogP contribution is -2.52. The van der Waals surface area contributed by atoms with Crippen molar-refractivity contribution >= 4 is 35.5 Å². The third-order valence-corrected chi connectivity index (χ3v) is 5.85. The molecule has 1 aliphatic rings. The van der Waals surface area contributed by atoms with Crippen molar-refractivity contribution < 1.29 is 33.8 Å². The molecule has 1 aromatic rings. The third-order valence-electron chi connectivity index (χ3n) is 5.61. The number of alkyl carbamates (subject to hydrolysis) is 1. The molecule has 1 saturated carbocycles. The third kappa shape index (κ3) is 9.69. The van der Waals surface area contributed by atoms with Gasteiger partial charge in [-0.2, -0.15) is 0 Å². The molecule has 9 nitrogen and oxygen atoms in total. The summed E-state index contributed by atoms with van der Waals surface area (Å²) in [5, 5.41) is 14.6. The van der Waals surface area contributed by atoms with Crippen LogP contribution >= 0.6 is 11.6 Å². The van der Waals surface area contributed by atoms with E-state index in [1.54, 1.807) is 24.3 Å². The molecule has 0 spiro atoms. The fourth-order valence-corrected chi connectivity index (χ4v) is 4.09. The predicted molar refractivity (Wildman–Crippen MR) is 121 cm³/mol. The van der Waals surface area contributed by atoms with Crippen molar-refractivity contribution in [2.45, 2.75) is 70.1 Å². The largest absolute Gasteiger partial charge is 0.481 e. The maximum atomic E-state index is 13.0. The number of aliphatic carboxylic acids is 1. The summed E-state index contributed by atoms with van der Waals surface area (Å²) in [6.07, 6.45) is 4.33. The zero-order chi connectivity index (χ0) is 24.2. The number of methoxy groups -OCH3 is 1. The monoisotopic (exact) mass is 482 g/mol. The highest BCUT2D eigenvalue weighted by Gasteiger charge is 2.30. The number of ether oxygens (including phenoxy) is 2. The maximum Gasteiger partial charge on any atom is 0.408 e. The average Bonchev–Trinajstić information content (AvgIpc) is 2.80. The van der Waals surface area contributed by atoms with Crippen LogP contribution in [-0.2, 0) is 30.5 Å². The SMILES string of the molecule is COC(=O)C(CCC(=O)O)NC(=O)C(CC1CCCCC1)NC(=O)OCc1cccc(Cl)c1. The molecule has 2 atom stereocenters. The standard InChI is InChI=1S/C23H31ClN2O7/c1-32-22(30)18(10-11-20(27)28)25-21(29)19(13-15-6-3-2-4-7-15)26-23(31)33-14-16-8-5-9-17(24)12-16/h5,8-9,12,15,18-19H,2-4,6-7,10-11,13-14H2,1H3,(H,25,29)(H,26,31)(H,27,28). The van der Waals surface area contributed by atoms with E-state index in [1.165, 1.54) is 0 Å². The quantitative estimate of drug-likeness (QED) is 0.412. The second-order valence-electron chi connectivity index (χ2n) is 8.16. The van der Waals surface area contributed by atoms with Gasteiger partial charge in [0.05, 0.1) is 7.11 Å². The van der Waals surface area contributed by atoms with Crippen LogP contribution in [0.2, 0.25) is 5.02 Å². The Morgan fingerprint density at radius 3 is 2.48 bits per heavy atom. The smallest absolute Gasteiger partial charge is 0.408 e. The first kappa shape index (κ1) is 26.4. The first-order chi connectivity index (χ1) is 15.8. The summed E-state index contributed by atoms with van der Waals surface area (Å²) in [5.74, 6) is -2.18. The molecule has 0 saturated heterocycles. The second kappa shape index (κ2) is 13.7. The van der Waals surface area contributed by atoms with Gasteiger partial charge < -0.3 is 25.2 Å². The van der Waals surface area contributed by atoms with Crippen LogP contribution < -0.4 is 10.6 Å². The van der Waals surface area contributed by atoms with Gasteiger partial charge in [-0.05, 0) is 36.5 Å². The van der Waals surface area contributed by atoms with Gasteiger partial charge in [-0.3, -0.25) is 9.59 Å². The molecule has 0 aliphatic heterocycles. The van der Waals surface area contributed by atoms with Crippen LogP contribution in [0.15, 0.2) is 24.3 Å². The van der Waals surface area contributed by atoms with Crippen molar-refractivity contribution in [3.8, 4) is 0 Å². The van der Waals surface area contributed by atoms with Gasteiger partial charge in [-0.25, -0.2) is 9.59 Å². The molecule has 2 rings (SSSR count). The molecular weight excluding hydrogens is 452 g/mol. The molecule has 2 unspecified atom stereocenters. The fourth-order valence-electron chi connectivity index (χ4n) is 3.88. The van der Waals surface area contributed by atoms with Gasteiger partial charge >= 0.3 is 18.0 Å². The van der Waals surface area contributed by atoms with Gasteiger partial charge in [0.25, 0.3) is 0 Å². The normalized spacial score (nSPS) is 15.7. The molecule has 0 aromatic heterocycles. The van der Waals surface area contributed by atoms with Crippen LogP contribution in [0.3, 0.4) is 0 Å². The van der Waals surface area contributed by atoms with Gasteiger partial charge in [-0.1, -0.05) is 55.8 Å². The molecule has 10 heteroatoms. The van der Waals surface area contributed by atoms with E-state index in [2.05, 4.69) is 15.4 Å². The molecule has 1 aliphatic carbocycles. The van der Waals surface area contributed by atoms with Gasteiger partial charge in [0.15, 0.2) is 0 Å². The molecule has 182 valence electrons. The van der Waals surface area contributed by atoms with E-state index >= 15 is 0 Å². The van der Waals surface area contributed by atoms with Crippen molar-refractivity contribution in [1.82, 2.24) is 10.6 Å².